The maximum Gasteiger partial charge on any atom is 0.0383 e. The van der Waals surface area contributed by atoms with Crippen LogP contribution >= 0.6 is 24.0 Å². The predicted molar refractivity (Wildman–Crippen MR) is 40.4 cm³/mol. The normalized spacial score (nSPS) is 9.75. The topological polar surface area (TPSA) is 0 Å². The van der Waals surface area contributed by atoms with Crippen LogP contribution < -0.4 is 0 Å². The molecule has 0 spiro atoms. The Morgan fingerprint density at radius 1 is 1.62 bits per heavy atom. The zero-order valence-corrected chi connectivity index (χ0v) is 6.31. The molecule has 0 aromatic carbocycles. The van der Waals surface area contributed by atoms with Gasteiger partial charge in [0.2, 0.25) is 0 Å². The summed E-state index contributed by atoms with van der Waals surface area (Å²) < 4.78 is 0. The molecule has 1 aromatic heterocycles. The Bertz CT molecular complexity index is 167. The molecule has 0 bridgehead atoms. The minimum Gasteiger partial charge on any atom is -0.145 e. The van der Waals surface area contributed by atoms with Gasteiger partial charge in [-0.25, -0.2) is 0 Å². The van der Waals surface area contributed by atoms with Crippen molar-refractivity contribution in [3.05, 3.63) is 21.9 Å². The third-order valence-electron chi connectivity index (χ3n) is 0.938. The molecule has 0 saturated carbocycles. The summed E-state index contributed by atoms with van der Waals surface area (Å²) in [5.41, 5.74) is 0. The standard InChI is InChI=1S/C6H7S2/c1-5-2-3-6(4-7)8-5/h2-3H,4H2,1H3. The fourth-order valence-corrected chi connectivity index (χ4v) is 1.58. The zero-order chi connectivity index (χ0) is 5.98. The smallest absolute Gasteiger partial charge is 0.0383 e. The van der Waals surface area contributed by atoms with Gasteiger partial charge in [0.25, 0.3) is 0 Å². The van der Waals surface area contributed by atoms with Crippen molar-refractivity contribution in [2.24, 2.45) is 0 Å². The Labute approximate surface area is 59.0 Å². The molecule has 0 aliphatic carbocycles. The number of thiophene rings is 1. The van der Waals surface area contributed by atoms with Gasteiger partial charge in [0.1, 0.15) is 0 Å². The van der Waals surface area contributed by atoms with Crippen LogP contribution in [0.1, 0.15) is 9.75 Å². The van der Waals surface area contributed by atoms with Crippen LogP contribution in [0.2, 0.25) is 0 Å². The van der Waals surface area contributed by atoms with Gasteiger partial charge in [0, 0.05) is 15.5 Å². The first-order valence-corrected chi connectivity index (χ1v) is 3.86. The summed E-state index contributed by atoms with van der Waals surface area (Å²) >= 11 is 6.63. The fourth-order valence-electron chi connectivity index (χ4n) is 0.563. The van der Waals surface area contributed by atoms with Gasteiger partial charge in [-0.3, -0.25) is 0 Å². The summed E-state index contributed by atoms with van der Waals surface area (Å²) in [4.78, 5) is 2.65. The van der Waals surface area contributed by atoms with Crippen molar-refractivity contribution < 1.29 is 0 Å². The van der Waals surface area contributed by atoms with Gasteiger partial charge < -0.3 is 0 Å². The molecule has 0 aliphatic rings. The highest BCUT2D eigenvalue weighted by Gasteiger charge is 1.90. The summed E-state index contributed by atoms with van der Waals surface area (Å²) in [7, 11) is 0. The summed E-state index contributed by atoms with van der Waals surface area (Å²) in [6, 6.07) is 4.19. The molecule has 8 heavy (non-hydrogen) atoms. The van der Waals surface area contributed by atoms with Gasteiger partial charge in [-0.1, -0.05) is 12.6 Å². The van der Waals surface area contributed by atoms with Crippen LogP contribution in [-0.4, -0.2) is 0 Å². The molecule has 0 aliphatic heterocycles. The van der Waals surface area contributed by atoms with Crippen molar-refractivity contribution in [3.8, 4) is 0 Å². The van der Waals surface area contributed by atoms with E-state index < -0.39 is 0 Å². The van der Waals surface area contributed by atoms with Gasteiger partial charge in [0.15, 0.2) is 0 Å². The number of rotatable bonds is 1. The molecule has 43 valence electrons. The molecule has 0 atom stereocenters. The molecule has 0 amide bonds. The Hall–Kier alpha value is 0.0500. The van der Waals surface area contributed by atoms with Crippen molar-refractivity contribution in [1.82, 2.24) is 0 Å². The Kier molecular flexibility index (Phi) is 1.97. The summed E-state index contributed by atoms with van der Waals surface area (Å²) in [6.07, 6.45) is 0. The second-order valence-electron chi connectivity index (χ2n) is 1.66. The van der Waals surface area contributed by atoms with E-state index >= 15 is 0 Å². The third-order valence-corrected chi connectivity index (χ3v) is 2.43. The lowest BCUT2D eigenvalue weighted by Gasteiger charge is -1.79. The van der Waals surface area contributed by atoms with Crippen LogP contribution in [0, 0.1) is 6.92 Å². The van der Waals surface area contributed by atoms with E-state index in [0.29, 0.717) is 0 Å². The summed E-state index contributed by atoms with van der Waals surface area (Å²) in [6.45, 7) is 2.10. The predicted octanol–water partition coefficient (Wildman–Crippen LogP) is 2.75. The lowest BCUT2D eigenvalue weighted by Crippen LogP contribution is -1.59. The first-order valence-electron chi connectivity index (χ1n) is 2.46. The molecule has 0 unspecified atom stereocenters. The number of hydrogen-bond donors (Lipinski definition) is 0. The molecule has 0 nitrogen and oxygen atoms in total. The van der Waals surface area contributed by atoms with Crippen molar-refractivity contribution in [2.45, 2.75) is 12.7 Å². The minimum atomic E-state index is 0.762. The summed E-state index contributed by atoms with van der Waals surface area (Å²) in [5.74, 6) is 0.762. The van der Waals surface area contributed by atoms with Gasteiger partial charge >= 0.3 is 0 Å². The van der Waals surface area contributed by atoms with Crippen LogP contribution in [0.15, 0.2) is 12.1 Å². The van der Waals surface area contributed by atoms with Crippen molar-refractivity contribution in [1.29, 1.82) is 0 Å². The molecular formula is C6H7S2. The van der Waals surface area contributed by atoms with E-state index in [4.69, 9.17) is 12.6 Å². The van der Waals surface area contributed by atoms with E-state index in [-0.39, 0.29) is 0 Å². The van der Waals surface area contributed by atoms with E-state index in [0.717, 1.165) is 5.75 Å². The molecule has 0 N–H and O–H groups in total. The molecular weight excluding hydrogens is 136 g/mol. The fraction of sp³-hybridized carbons (Fsp3) is 0.333. The maximum absolute atomic E-state index is 4.84. The van der Waals surface area contributed by atoms with Crippen LogP contribution in [0.25, 0.3) is 0 Å². The molecule has 1 aromatic rings. The quantitative estimate of drug-likeness (QED) is 0.567. The van der Waals surface area contributed by atoms with E-state index in [9.17, 15) is 0 Å². The highest BCUT2D eigenvalue weighted by Crippen LogP contribution is 2.15. The van der Waals surface area contributed by atoms with Crippen molar-refractivity contribution in [3.63, 3.8) is 0 Å². The average Bonchev–Trinajstić information content (AvgIpc) is 2.14. The van der Waals surface area contributed by atoms with Gasteiger partial charge in [-0.15, -0.1) is 11.3 Å². The minimum absolute atomic E-state index is 0.762. The molecule has 1 radical (unpaired) electrons. The maximum atomic E-state index is 4.84. The second kappa shape index (κ2) is 2.55. The van der Waals surface area contributed by atoms with Gasteiger partial charge in [-0.05, 0) is 19.1 Å². The van der Waals surface area contributed by atoms with Gasteiger partial charge in [-0.2, -0.15) is 0 Å². The summed E-state index contributed by atoms with van der Waals surface area (Å²) in [5, 5.41) is 0. The zero-order valence-electron chi connectivity index (χ0n) is 4.68. The average molecular weight is 143 g/mol. The van der Waals surface area contributed by atoms with E-state index in [2.05, 4.69) is 19.1 Å². The highest BCUT2D eigenvalue weighted by atomic mass is 32.1. The van der Waals surface area contributed by atoms with E-state index in [1.165, 1.54) is 9.75 Å². The van der Waals surface area contributed by atoms with Gasteiger partial charge in [0.05, 0.1) is 0 Å². The van der Waals surface area contributed by atoms with Crippen LogP contribution in [0.4, 0.5) is 0 Å². The first-order chi connectivity index (χ1) is 3.83. The number of aryl methyl sites for hydroxylation is 1. The third kappa shape index (κ3) is 1.26. The monoisotopic (exact) mass is 143 g/mol. The first kappa shape index (κ1) is 6.17. The Balaban J connectivity index is 2.84. The van der Waals surface area contributed by atoms with Crippen LogP contribution in [-0.2, 0) is 5.75 Å². The lowest BCUT2D eigenvalue weighted by atomic mass is 10.5. The highest BCUT2D eigenvalue weighted by molar-refractivity contribution is 7.79. The van der Waals surface area contributed by atoms with Crippen LogP contribution in [0.5, 0.6) is 0 Å². The largest absolute Gasteiger partial charge is 0.145 e. The molecule has 0 saturated heterocycles. The molecule has 1 rings (SSSR count). The Morgan fingerprint density at radius 2 is 2.38 bits per heavy atom. The molecule has 2 heteroatoms. The Morgan fingerprint density at radius 3 is 2.62 bits per heavy atom. The van der Waals surface area contributed by atoms with Crippen LogP contribution in [0.3, 0.4) is 0 Å². The van der Waals surface area contributed by atoms with Crippen molar-refractivity contribution in [2.75, 3.05) is 0 Å². The van der Waals surface area contributed by atoms with E-state index in [1.807, 2.05) is 0 Å². The SMILES string of the molecule is Cc1ccc(C[S])s1. The second-order valence-corrected chi connectivity index (χ2v) is 3.32. The lowest BCUT2D eigenvalue weighted by molar-refractivity contribution is 1.56. The number of hydrogen-bond acceptors (Lipinski definition) is 1. The van der Waals surface area contributed by atoms with Crippen molar-refractivity contribution >= 4 is 24.0 Å². The van der Waals surface area contributed by atoms with E-state index in [1.54, 1.807) is 11.3 Å². The molecule has 1 heterocycles. The molecule has 0 fully saturated rings.